The normalized spacial score (nSPS) is 10.2. The van der Waals surface area contributed by atoms with E-state index >= 15 is 0 Å². The van der Waals surface area contributed by atoms with Crippen molar-refractivity contribution >= 4 is 5.91 Å². The number of rotatable bonds is 8. The van der Waals surface area contributed by atoms with E-state index in [2.05, 4.69) is 12.2 Å². The van der Waals surface area contributed by atoms with Gasteiger partial charge in [-0.3, -0.25) is 4.79 Å². The third kappa shape index (κ3) is 8.01. The molecule has 0 heterocycles. The van der Waals surface area contributed by atoms with Crippen molar-refractivity contribution in [3.63, 3.8) is 0 Å². The Labute approximate surface area is 86.6 Å². The molecule has 1 N–H and O–H groups in total. The molecule has 1 amide bonds. The smallest absolute Gasteiger partial charge is 0.224 e. The molecule has 0 atom stereocenters. The van der Waals surface area contributed by atoms with Crippen LogP contribution < -0.4 is 5.32 Å². The molecule has 0 bridgehead atoms. The summed E-state index contributed by atoms with van der Waals surface area (Å²) in [7, 11) is 3.51. The number of nitrogens with zero attached hydrogens (tertiary/aromatic N) is 1. The SMILES string of the molecule is CCCNCCOCCC(=O)N(C)C. The van der Waals surface area contributed by atoms with E-state index in [1.54, 1.807) is 19.0 Å². The van der Waals surface area contributed by atoms with Gasteiger partial charge >= 0.3 is 0 Å². The van der Waals surface area contributed by atoms with Crippen LogP contribution in [0.5, 0.6) is 0 Å². The Hall–Kier alpha value is -0.610. The molecule has 0 rings (SSSR count). The number of carbonyl (C=O) groups is 1. The quantitative estimate of drug-likeness (QED) is 0.582. The third-order valence-electron chi connectivity index (χ3n) is 1.81. The summed E-state index contributed by atoms with van der Waals surface area (Å²) in [5.74, 6) is 0.117. The summed E-state index contributed by atoms with van der Waals surface area (Å²) in [5, 5.41) is 3.23. The second kappa shape index (κ2) is 8.97. The average Bonchev–Trinajstić information content (AvgIpc) is 2.16. The lowest BCUT2D eigenvalue weighted by molar-refractivity contribution is -0.129. The first-order chi connectivity index (χ1) is 6.68. The Morgan fingerprint density at radius 2 is 2.00 bits per heavy atom. The highest BCUT2D eigenvalue weighted by Crippen LogP contribution is 1.87. The molecule has 84 valence electrons. The largest absolute Gasteiger partial charge is 0.380 e. The first-order valence-electron chi connectivity index (χ1n) is 5.17. The highest BCUT2D eigenvalue weighted by molar-refractivity contribution is 5.75. The number of amides is 1. The van der Waals surface area contributed by atoms with Gasteiger partial charge in [0.1, 0.15) is 0 Å². The van der Waals surface area contributed by atoms with Crippen LogP contribution in [0, 0.1) is 0 Å². The van der Waals surface area contributed by atoms with Gasteiger partial charge in [0.2, 0.25) is 5.91 Å². The summed E-state index contributed by atoms with van der Waals surface area (Å²) < 4.78 is 5.29. The first-order valence-corrected chi connectivity index (χ1v) is 5.17. The van der Waals surface area contributed by atoms with Crippen LogP contribution in [-0.4, -0.2) is 51.2 Å². The Morgan fingerprint density at radius 3 is 2.57 bits per heavy atom. The van der Waals surface area contributed by atoms with Gasteiger partial charge in [0, 0.05) is 20.6 Å². The van der Waals surface area contributed by atoms with Gasteiger partial charge in [0.05, 0.1) is 19.6 Å². The maximum Gasteiger partial charge on any atom is 0.224 e. The molecule has 0 unspecified atom stereocenters. The fourth-order valence-electron chi connectivity index (χ4n) is 0.931. The highest BCUT2D eigenvalue weighted by Gasteiger charge is 2.02. The molecule has 0 aromatic heterocycles. The highest BCUT2D eigenvalue weighted by atomic mass is 16.5. The summed E-state index contributed by atoms with van der Waals surface area (Å²) >= 11 is 0. The molecule has 4 heteroatoms. The van der Waals surface area contributed by atoms with Gasteiger partial charge in [-0.15, -0.1) is 0 Å². The standard InChI is InChI=1S/C10H22N2O2/c1-4-6-11-7-9-14-8-5-10(13)12(2)3/h11H,4-9H2,1-3H3. The maximum absolute atomic E-state index is 11.1. The zero-order chi connectivity index (χ0) is 10.8. The molecule has 14 heavy (non-hydrogen) atoms. The van der Waals surface area contributed by atoms with Crippen molar-refractivity contribution < 1.29 is 9.53 Å². The lowest BCUT2D eigenvalue weighted by Crippen LogP contribution is -2.24. The number of ether oxygens (including phenoxy) is 1. The van der Waals surface area contributed by atoms with E-state index in [0.717, 1.165) is 19.5 Å². The van der Waals surface area contributed by atoms with E-state index in [-0.39, 0.29) is 5.91 Å². The van der Waals surface area contributed by atoms with Gasteiger partial charge < -0.3 is 15.0 Å². The molecule has 0 fully saturated rings. The molecule has 0 spiro atoms. The van der Waals surface area contributed by atoms with E-state index in [1.807, 2.05) is 0 Å². The van der Waals surface area contributed by atoms with Gasteiger partial charge in [-0.1, -0.05) is 6.92 Å². The van der Waals surface area contributed by atoms with Crippen LogP contribution in [0.2, 0.25) is 0 Å². The van der Waals surface area contributed by atoms with Gasteiger partial charge in [0.25, 0.3) is 0 Å². The second-order valence-corrected chi connectivity index (χ2v) is 3.40. The first kappa shape index (κ1) is 13.4. The molecular formula is C10H22N2O2. The van der Waals surface area contributed by atoms with Crippen LogP contribution in [0.25, 0.3) is 0 Å². The Morgan fingerprint density at radius 1 is 1.29 bits per heavy atom. The summed E-state index contributed by atoms with van der Waals surface area (Å²) in [6.45, 7) is 5.22. The minimum Gasteiger partial charge on any atom is -0.380 e. The topological polar surface area (TPSA) is 41.6 Å². The number of nitrogens with one attached hydrogen (secondary N) is 1. The molecule has 0 radical (unpaired) electrons. The number of hydrogen-bond donors (Lipinski definition) is 1. The van der Waals surface area contributed by atoms with Crippen LogP contribution >= 0.6 is 0 Å². The van der Waals surface area contributed by atoms with E-state index in [0.29, 0.717) is 19.6 Å². The third-order valence-corrected chi connectivity index (χ3v) is 1.81. The molecule has 0 aliphatic carbocycles. The van der Waals surface area contributed by atoms with Crippen molar-refractivity contribution in [2.24, 2.45) is 0 Å². The van der Waals surface area contributed by atoms with Crippen molar-refractivity contribution in [1.29, 1.82) is 0 Å². The second-order valence-electron chi connectivity index (χ2n) is 3.40. The summed E-state index contributed by atoms with van der Waals surface area (Å²) in [6, 6.07) is 0. The molecule has 0 saturated heterocycles. The van der Waals surface area contributed by atoms with E-state index < -0.39 is 0 Å². The van der Waals surface area contributed by atoms with Crippen molar-refractivity contribution in [2.75, 3.05) is 40.4 Å². The van der Waals surface area contributed by atoms with Crippen LogP contribution in [0.3, 0.4) is 0 Å². The summed E-state index contributed by atoms with van der Waals surface area (Å²) in [5.41, 5.74) is 0. The molecule has 4 nitrogen and oxygen atoms in total. The van der Waals surface area contributed by atoms with E-state index in [4.69, 9.17) is 4.74 Å². The lowest BCUT2D eigenvalue weighted by Gasteiger charge is -2.10. The van der Waals surface area contributed by atoms with Crippen molar-refractivity contribution in [1.82, 2.24) is 10.2 Å². The monoisotopic (exact) mass is 202 g/mol. The van der Waals surface area contributed by atoms with Crippen LogP contribution in [0.15, 0.2) is 0 Å². The molecule has 0 aliphatic heterocycles. The van der Waals surface area contributed by atoms with Gasteiger partial charge in [-0.2, -0.15) is 0 Å². The molecule has 0 saturated carbocycles. The van der Waals surface area contributed by atoms with Crippen molar-refractivity contribution in [2.45, 2.75) is 19.8 Å². The number of carbonyl (C=O) groups excluding carboxylic acids is 1. The molecule has 0 aromatic carbocycles. The summed E-state index contributed by atoms with van der Waals surface area (Å²) in [4.78, 5) is 12.7. The zero-order valence-corrected chi connectivity index (χ0v) is 9.51. The van der Waals surface area contributed by atoms with Gasteiger partial charge in [0.15, 0.2) is 0 Å². The minimum atomic E-state index is 0.117. The molecule has 0 aromatic rings. The van der Waals surface area contributed by atoms with Gasteiger partial charge in [-0.25, -0.2) is 0 Å². The number of hydrogen-bond acceptors (Lipinski definition) is 3. The fraction of sp³-hybridized carbons (Fsp3) is 0.900. The van der Waals surface area contributed by atoms with Gasteiger partial charge in [-0.05, 0) is 13.0 Å². The Balaban J connectivity index is 3.10. The Bertz CT molecular complexity index is 149. The minimum absolute atomic E-state index is 0.117. The van der Waals surface area contributed by atoms with Crippen molar-refractivity contribution in [3.8, 4) is 0 Å². The van der Waals surface area contributed by atoms with E-state index in [1.165, 1.54) is 0 Å². The van der Waals surface area contributed by atoms with Crippen LogP contribution in [0.1, 0.15) is 19.8 Å². The predicted octanol–water partition coefficient (Wildman–Crippen LogP) is 0.481. The maximum atomic E-state index is 11.1. The van der Waals surface area contributed by atoms with Crippen LogP contribution in [-0.2, 0) is 9.53 Å². The molecular weight excluding hydrogens is 180 g/mol. The van der Waals surface area contributed by atoms with E-state index in [9.17, 15) is 4.79 Å². The predicted molar refractivity (Wildman–Crippen MR) is 57.3 cm³/mol. The summed E-state index contributed by atoms with van der Waals surface area (Å²) in [6.07, 6.45) is 1.61. The van der Waals surface area contributed by atoms with Crippen molar-refractivity contribution in [3.05, 3.63) is 0 Å². The van der Waals surface area contributed by atoms with Crippen LogP contribution in [0.4, 0.5) is 0 Å². The molecule has 0 aliphatic rings. The Kier molecular flexibility index (Phi) is 8.57. The zero-order valence-electron chi connectivity index (χ0n) is 9.51. The average molecular weight is 202 g/mol. The fourth-order valence-corrected chi connectivity index (χ4v) is 0.931. The lowest BCUT2D eigenvalue weighted by atomic mass is 10.4.